The van der Waals surface area contributed by atoms with Gasteiger partial charge in [0.05, 0.1) is 9.30 Å². The Morgan fingerprint density at radius 3 is 2.67 bits per heavy atom. The molecule has 0 N–H and O–H groups in total. The van der Waals surface area contributed by atoms with Gasteiger partial charge in [0, 0.05) is 6.42 Å². The molecule has 0 heterocycles. The number of rotatable bonds is 3. The number of ether oxygens (including phenoxy) is 1. The summed E-state index contributed by atoms with van der Waals surface area (Å²) in [5.74, 6) is -0.266. The van der Waals surface area contributed by atoms with Crippen molar-refractivity contribution in [1.29, 1.82) is 0 Å². The monoisotopic (exact) mass is 132 g/mol. The molecule has 0 aliphatic heterocycles. The van der Waals surface area contributed by atoms with Crippen molar-refractivity contribution in [3.8, 4) is 0 Å². The molecule has 0 radical (unpaired) electrons. The van der Waals surface area contributed by atoms with Crippen molar-refractivity contribution in [2.24, 2.45) is 5.92 Å². The third-order valence-electron chi connectivity index (χ3n) is 0.791. The summed E-state index contributed by atoms with van der Waals surface area (Å²) in [6.07, 6.45) is 0.271. The molecular weight excluding hydrogens is 116 g/mol. The predicted molar refractivity (Wildman–Crippen MR) is 36.1 cm³/mol. The van der Waals surface area contributed by atoms with Crippen LogP contribution in [0.5, 0.6) is 0 Å². The number of hydrogen-bond acceptors (Lipinski definition) is 2. The summed E-state index contributed by atoms with van der Waals surface area (Å²) in [5, 5.41) is 0. The lowest BCUT2D eigenvalue weighted by molar-refractivity contribution is -0.143. The molecular formula is C7H14O2. The van der Waals surface area contributed by atoms with Gasteiger partial charge in [-0.05, 0) is 12.8 Å². The normalized spacial score (nSPS) is 14.7. The quantitative estimate of drug-likeness (QED) is 0.545. The summed E-state index contributed by atoms with van der Waals surface area (Å²) in [6.45, 7) is 3.14. The molecule has 0 amide bonds. The summed E-state index contributed by atoms with van der Waals surface area (Å²) in [6, 6.07) is 0. The molecule has 0 bridgehead atoms. The van der Waals surface area contributed by atoms with Gasteiger partial charge in [0.1, 0.15) is 0 Å². The lowest BCUT2D eigenvalue weighted by Gasteiger charge is -2.02. The Kier molecular flexibility index (Phi) is 2.55. The Labute approximate surface area is 59.0 Å². The first-order valence-electron chi connectivity index (χ1n) is 4.03. The predicted octanol–water partition coefficient (Wildman–Crippen LogP) is 1.60. The molecule has 9 heavy (non-hydrogen) atoms. The Morgan fingerprint density at radius 2 is 2.33 bits per heavy atom. The zero-order valence-corrected chi connectivity index (χ0v) is 6.10. The summed E-state index contributed by atoms with van der Waals surface area (Å²) in [5.41, 5.74) is 0. The van der Waals surface area contributed by atoms with Crippen molar-refractivity contribution >= 4 is 5.97 Å². The van der Waals surface area contributed by atoms with Crippen LogP contribution < -0.4 is 0 Å². The minimum atomic E-state index is -1.84. The highest BCUT2D eigenvalue weighted by molar-refractivity contribution is 5.69. The van der Waals surface area contributed by atoms with Crippen LogP contribution in [0, 0.1) is 5.92 Å². The van der Waals surface area contributed by atoms with E-state index >= 15 is 0 Å². The maximum atomic E-state index is 10.8. The van der Waals surface area contributed by atoms with E-state index in [2.05, 4.69) is 4.74 Å². The van der Waals surface area contributed by atoms with E-state index in [1.54, 1.807) is 0 Å². The van der Waals surface area contributed by atoms with Gasteiger partial charge in [0.15, 0.2) is 0 Å². The maximum absolute atomic E-state index is 10.8. The molecule has 0 saturated carbocycles. The molecule has 2 heteroatoms. The molecule has 54 valence electrons. The maximum Gasteiger partial charge on any atom is 0.306 e. The molecule has 0 atom stereocenters. The van der Waals surface area contributed by atoms with Crippen molar-refractivity contribution in [3.63, 3.8) is 0 Å². The number of carbonyl (C=O) groups excluding carboxylic acids is 1. The Bertz CT molecular complexity index is 138. The zero-order valence-electron chi connectivity index (χ0n) is 8.10. The summed E-state index contributed by atoms with van der Waals surface area (Å²) in [7, 11) is 0. The molecule has 0 saturated heterocycles. The first-order valence-corrected chi connectivity index (χ1v) is 3.03. The third kappa shape index (κ3) is 5.34. The van der Waals surface area contributed by atoms with Gasteiger partial charge in [-0.1, -0.05) is 13.8 Å². The van der Waals surface area contributed by atoms with Gasteiger partial charge in [0.25, 0.3) is 0 Å². The Balaban J connectivity index is 3.71. The van der Waals surface area contributed by atoms with Crippen molar-refractivity contribution in [2.75, 3.05) is 6.56 Å². The highest BCUT2D eigenvalue weighted by Gasteiger charge is 2.03. The van der Waals surface area contributed by atoms with Gasteiger partial charge in [-0.2, -0.15) is 0 Å². The van der Waals surface area contributed by atoms with Crippen LogP contribution in [0.1, 0.15) is 29.9 Å². The van der Waals surface area contributed by atoms with Gasteiger partial charge in [0.2, 0.25) is 0 Å². The molecule has 0 spiro atoms. The molecule has 0 aromatic carbocycles. The fourth-order valence-electron chi connectivity index (χ4n) is 0.489. The SMILES string of the molecule is [2H]C([2H])(C)OC(=O)CC(C)C. The number of hydrogen-bond donors (Lipinski definition) is 0. The Hall–Kier alpha value is -0.530. The van der Waals surface area contributed by atoms with Crippen LogP contribution in [0.2, 0.25) is 0 Å². The zero-order chi connectivity index (χ0) is 9.07. The van der Waals surface area contributed by atoms with Crippen LogP contribution in [0.25, 0.3) is 0 Å². The fraction of sp³-hybridized carbons (Fsp3) is 0.857. The van der Waals surface area contributed by atoms with Crippen LogP contribution in [0.4, 0.5) is 0 Å². The second-order valence-electron chi connectivity index (χ2n) is 2.28. The van der Waals surface area contributed by atoms with Crippen molar-refractivity contribution in [1.82, 2.24) is 0 Å². The van der Waals surface area contributed by atoms with Crippen molar-refractivity contribution in [3.05, 3.63) is 0 Å². The lowest BCUT2D eigenvalue weighted by Crippen LogP contribution is -2.06. The second kappa shape index (κ2) is 4.36. The number of esters is 1. The van der Waals surface area contributed by atoms with Gasteiger partial charge in [-0.15, -0.1) is 0 Å². The van der Waals surface area contributed by atoms with Crippen molar-refractivity contribution < 1.29 is 12.3 Å². The van der Waals surface area contributed by atoms with Crippen LogP contribution in [0.15, 0.2) is 0 Å². The van der Waals surface area contributed by atoms with E-state index in [0.29, 0.717) is 0 Å². The molecule has 0 aromatic heterocycles. The van der Waals surface area contributed by atoms with Gasteiger partial charge < -0.3 is 4.74 Å². The first-order chi connectivity index (χ1) is 4.81. The summed E-state index contributed by atoms with van der Waals surface area (Å²) in [4.78, 5) is 10.8. The van der Waals surface area contributed by atoms with E-state index in [1.807, 2.05) is 13.8 Å². The van der Waals surface area contributed by atoms with Gasteiger partial charge in [-0.25, -0.2) is 0 Å². The van der Waals surface area contributed by atoms with E-state index in [-0.39, 0.29) is 12.3 Å². The van der Waals surface area contributed by atoms with E-state index in [9.17, 15) is 4.79 Å². The van der Waals surface area contributed by atoms with Crippen LogP contribution in [-0.2, 0) is 9.53 Å². The Morgan fingerprint density at radius 1 is 1.78 bits per heavy atom. The minimum absolute atomic E-state index is 0.213. The standard InChI is InChI=1S/C7H14O2/c1-4-9-7(8)5-6(2)3/h6H,4-5H2,1-3H3/i4D2. The summed E-state index contributed by atoms with van der Waals surface area (Å²) < 4.78 is 18.3. The average molecular weight is 132 g/mol. The second-order valence-corrected chi connectivity index (χ2v) is 2.28. The smallest absolute Gasteiger partial charge is 0.306 e. The molecule has 0 aliphatic rings. The summed E-state index contributed by atoms with van der Waals surface area (Å²) >= 11 is 0. The van der Waals surface area contributed by atoms with E-state index in [1.165, 1.54) is 6.92 Å². The van der Waals surface area contributed by atoms with Crippen molar-refractivity contribution in [2.45, 2.75) is 27.2 Å². The fourth-order valence-corrected chi connectivity index (χ4v) is 0.489. The molecule has 0 aromatic rings. The third-order valence-corrected chi connectivity index (χ3v) is 0.791. The molecule has 0 fully saturated rings. The van der Waals surface area contributed by atoms with Crippen LogP contribution >= 0.6 is 0 Å². The van der Waals surface area contributed by atoms with E-state index in [4.69, 9.17) is 2.74 Å². The van der Waals surface area contributed by atoms with Gasteiger partial charge >= 0.3 is 5.97 Å². The molecule has 0 aliphatic carbocycles. The average Bonchev–Trinajstić information content (AvgIpc) is 1.53. The van der Waals surface area contributed by atoms with Crippen LogP contribution in [-0.4, -0.2) is 12.5 Å². The number of carbonyl (C=O) groups is 1. The molecule has 0 rings (SSSR count). The molecule has 0 unspecified atom stereocenters. The lowest BCUT2D eigenvalue weighted by atomic mass is 10.1. The molecule has 2 nitrogen and oxygen atoms in total. The van der Waals surface area contributed by atoms with E-state index < -0.39 is 12.5 Å². The highest BCUT2D eigenvalue weighted by Crippen LogP contribution is 1.99. The largest absolute Gasteiger partial charge is 0.466 e. The highest BCUT2D eigenvalue weighted by atomic mass is 16.5. The topological polar surface area (TPSA) is 26.3 Å². The van der Waals surface area contributed by atoms with Crippen LogP contribution in [0.3, 0.4) is 0 Å². The minimum Gasteiger partial charge on any atom is -0.466 e. The van der Waals surface area contributed by atoms with E-state index in [0.717, 1.165) is 0 Å². The van der Waals surface area contributed by atoms with Gasteiger partial charge in [-0.3, -0.25) is 4.79 Å². The first kappa shape index (κ1) is 5.27.